The van der Waals surface area contributed by atoms with Crippen molar-refractivity contribution in [1.29, 1.82) is 0 Å². The van der Waals surface area contributed by atoms with Crippen molar-refractivity contribution in [3.8, 4) is 5.69 Å². The van der Waals surface area contributed by atoms with E-state index < -0.39 is 5.97 Å². The molecule has 1 aliphatic rings. The molecular weight excluding hydrogens is 510 g/mol. The highest BCUT2D eigenvalue weighted by Crippen LogP contribution is 2.43. The first-order chi connectivity index (χ1) is 18.7. The second kappa shape index (κ2) is 10.7. The van der Waals surface area contributed by atoms with Gasteiger partial charge in [0.2, 0.25) is 5.91 Å². The van der Waals surface area contributed by atoms with Crippen molar-refractivity contribution in [2.75, 3.05) is 10.2 Å². The Labute approximate surface area is 232 Å². The lowest BCUT2D eigenvalue weighted by Crippen LogP contribution is -2.30. The fraction of sp³-hybridized carbons (Fsp3) is 0.200. The van der Waals surface area contributed by atoms with Crippen LogP contribution in [0.1, 0.15) is 53.2 Å². The van der Waals surface area contributed by atoms with Gasteiger partial charge in [-0.25, -0.2) is 4.79 Å². The number of aromatic nitrogens is 2. The first-order valence-corrected chi connectivity index (χ1v) is 13.1. The Balaban J connectivity index is 1.61. The van der Waals surface area contributed by atoms with Gasteiger partial charge in [0.25, 0.3) is 0 Å². The summed E-state index contributed by atoms with van der Waals surface area (Å²) in [6.45, 7) is 5.67. The standard InChI is InChI=1S/C30H29N5O3S/c1-18(2)28(36)32-23-13-12-22(16-19(23)3)35-27(26(33-30(35)39)24-10-4-5-14-31-24)25-11-7-15-34(25)21-9-6-8-20(17-21)29(37)38/h4-18,26-27H,1-3H3,(H,32,36)(H,33,39)(H,37,38)/t26-,27+/m0/s1. The highest BCUT2D eigenvalue weighted by atomic mass is 32.1. The van der Waals surface area contributed by atoms with Crippen LogP contribution in [-0.2, 0) is 4.79 Å². The molecule has 2 atom stereocenters. The van der Waals surface area contributed by atoms with Gasteiger partial charge < -0.3 is 25.2 Å². The Morgan fingerprint density at radius 2 is 1.85 bits per heavy atom. The van der Waals surface area contributed by atoms with Crippen molar-refractivity contribution < 1.29 is 14.7 Å². The van der Waals surface area contributed by atoms with Gasteiger partial charge in [0, 0.05) is 41.1 Å². The SMILES string of the molecule is Cc1cc(N2C(=S)N[C@@H](c3ccccn3)[C@H]2c2cccn2-c2cccc(C(=O)O)c2)ccc1NC(=O)C(C)C. The minimum absolute atomic E-state index is 0.0429. The number of carboxylic acids is 1. The summed E-state index contributed by atoms with van der Waals surface area (Å²) in [6, 6.07) is 21.9. The number of carbonyl (C=O) groups is 2. The predicted molar refractivity (Wildman–Crippen MR) is 155 cm³/mol. The number of carbonyl (C=O) groups excluding carboxylic acids is 1. The second-order valence-electron chi connectivity index (χ2n) is 9.80. The van der Waals surface area contributed by atoms with Crippen LogP contribution < -0.4 is 15.5 Å². The number of pyridine rings is 1. The van der Waals surface area contributed by atoms with Crippen LogP contribution in [0.3, 0.4) is 0 Å². The van der Waals surface area contributed by atoms with Gasteiger partial charge in [0.05, 0.1) is 17.3 Å². The minimum Gasteiger partial charge on any atom is -0.478 e. The van der Waals surface area contributed by atoms with Crippen molar-refractivity contribution in [3.05, 3.63) is 108 Å². The largest absolute Gasteiger partial charge is 0.478 e. The fourth-order valence-electron chi connectivity index (χ4n) is 4.81. The van der Waals surface area contributed by atoms with E-state index in [1.165, 1.54) is 0 Å². The molecule has 2 aromatic heterocycles. The summed E-state index contributed by atoms with van der Waals surface area (Å²) < 4.78 is 1.99. The van der Waals surface area contributed by atoms with Gasteiger partial charge >= 0.3 is 5.97 Å². The van der Waals surface area contributed by atoms with E-state index in [1.807, 2.05) is 86.1 Å². The monoisotopic (exact) mass is 539 g/mol. The number of nitrogens with zero attached hydrogens (tertiary/aromatic N) is 3. The van der Waals surface area contributed by atoms with Gasteiger partial charge in [-0.2, -0.15) is 0 Å². The van der Waals surface area contributed by atoms with Gasteiger partial charge in [0.1, 0.15) is 6.04 Å². The maximum atomic E-state index is 12.3. The highest BCUT2D eigenvalue weighted by Gasteiger charge is 2.42. The Morgan fingerprint density at radius 1 is 1.03 bits per heavy atom. The van der Waals surface area contributed by atoms with Crippen LogP contribution in [0, 0.1) is 12.8 Å². The van der Waals surface area contributed by atoms with E-state index >= 15 is 0 Å². The molecule has 4 aromatic rings. The number of nitrogens with one attached hydrogen (secondary N) is 2. The average molecular weight is 540 g/mol. The summed E-state index contributed by atoms with van der Waals surface area (Å²) in [6.07, 6.45) is 3.67. The normalized spacial score (nSPS) is 16.8. The Hall–Kier alpha value is -4.50. The van der Waals surface area contributed by atoms with E-state index in [0.717, 1.165) is 34.0 Å². The number of anilines is 2. The molecular formula is C30H29N5O3S. The van der Waals surface area contributed by atoms with Crippen LogP contribution in [0.5, 0.6) is 0 Å². The van der Waals surface area contributed by atoms with E-state index in [2.05, 4.69) is 20.5 Å². The Kier molecular flexibility index (Phi) is 7.17. The number of rotatable bonds is 7. The van der Waals surface area contributed by atoms with Gasteiger partial charge in [0.15, 0.2) is 5.11 Å². The molecule has 1 fully saturated rings. The molecule has 198 valence electrons. The molecule has 0 unspecified atom stereocenters. The maximum Gasteiger partial charge on any atom is 0.335 e. The number of amides is 1. The number of hydrogen-bond acceptors (Lipinski definition) is 4. The molecule has 9 heteroatoms. The number of aromatic carboxylic acids is 1. The van der Waals surface area contributed by atoms with Gasteiger partial charge in [-0.1, -0.05) is 26.0 Å². The molecule has 1 saturated heterocycles. The minimum atomic E-state index is -0.984. The van der Waals surface area contributed by atoms with E-state index in [-0.39, 0.29) is 29.5 Å². The molecule has 0 bridgehead atoms. The van der Waals surface area contributed by atoms with E-state index in [1.54, 1.807) is 24.4 Å². The molecule has 2 aromatic carbocycles. The number of carboxylic acid groups (broad SMARTS) is 1. The summed E-state index contributed by atoms with van der Waals surface area (Å²) in [5.41, 5.74) is 5.21. The predicted octanol–water partition coefficient (Wildman–Crippen LogP) is 5.65. The van der Waals surface area contributed by atoms with Crippen LogP contribution in [0.4, 0.5) is 11.4 Å². The van der Waals surface area contributed by atoms with E-state index in [0.29, 0.717) is 5.11 Å². The van der Waals surface area contributed by atoms with Crippen LogP contribution in [0.25, 0.3) is 5.69 Å². The van der Waals surface area contributed by atoms with Gasteiger partial charge in [-0.05, 0) is 85.4 Å². The third-order valence-electron chi connectivity index (χ3n) is 6.82. The summed E-state index contributed by atoms with van der Waals surface area (Å²) in [5.74, 6) is -1.16. The van der Waals surface area contributed by atoms with Crippen LogP contribution in [0.2, 0.25) is 0 Å². The molecule has 3 heterocycles. The topological polar surface area (TPSA) is 99.5 Å². The molecule has 0 aliphatic carbocycles. The molecule has 0 saturated carbocycles. The fourth-order valence-corrected chi connectivity index (χ4v) is 5.15. The molecule has 3 N–H and O–H groups in total. The van der Waals surface area contributed by atoms with Gasteiger partial charge in [-0.15, -0.1) is 0 Å². The lowest BCUT2D eigenvalue weighted by Gasteiger charge is -2.29. The number of aryl methyl sites for hydroxylation is 1. The third kappa shape index (κ3) is 5.13. The Bertz CT molecular complexity index is 1550. The molecule has 5 rings (SSSR count). The zero-order valence-corrected chi connectivity index (χ0v) is 22.6. The second-order valence-corrected chi connectivity index (χ2v) is 10.2. The molecule has 0 radical (unpaired) electrons. The number of benzene rings is 2. The quantitative estimate of drug-likeness (QED) is 0.261. The van der Waals surface area contributed by atoms with Crippen molar-refractivity contribution in [1.82, 2.24) is 14.9 Å². The summed E-state index contributed by atoms with van der Waals surface area (Å²) in [4.78, 5) is 30.6. The number of thiocarbonyl (C=S) groups is 1. The first kappa shape index (κ1) is 26.1. The lowest BCUT2D eigenvalue weighted by molar-refractivity contribution is -0.118. The van der Waals surface area contributed by atoms with Crippen LogP contribution in [0.15, 0.2) is 85.2 Å². The zero-order valence-electron chi connectivity index (χ0n) is 21.8. The maximum absolute atomic E-state index is 12.3. The molecule has 1 aliphatic heterocycles. The van der Waals surface area contributed by atoms with Crippen molar-refractivity contribution in [2.45, 2.75) is 32.9 Å². The van der Waals surface area contributed by atoms with E-state index in [4.69, 9.17) is 12.2 Å². The highest BCUT2D eigenvalue weighted by molar-refractivity contribution is 7.80. The molecule has 0 spiro atoms. The zero-order chi connectivity index (χ0) is 27.7. The first-order valence-electron chi connectivity index (χ1n) is 12.7. The smallest absolute Gasteiger partial charge is 0.335 e. The summed E-state index contributed by atoms with van der Waals surface area (Å²) in [7, 11) is 0. The molecule has 1 amide bonds. The van der Waals surface area contributed by atoms with Crippen molar-refractivity contribution >= 4 is 40.6 Å². The lowest BCUT2D eigenvalue weighted by atomic mass is 10.00. The summed E-state index contributed by atoms with van der Waals surface area (Å²) in [5, 5.41) is 16.6. The average Bonchev–Trinajstić information content (AvgIpc) is 3.54. The van der Waals surface area contributed by atoms with Gasteiger partial charge in [-0.3, -0.25) is 9.78 Å². The van der Waals surface area contributed by atoms with Crippen LogP contribution in [-0.4, -0.2) is 31.6 Å². The number of hydrogen-bond donors (Lipinski definition) is 3. The molecule has 8 nitrogen and oxygen atoms in total. The molecule has 39 heavy (non-hydrogen) atoms. The van der Waals surface area contributed by atoms with E-state index in [9.17, 15) is 14.7 Å². The van der Waals surface area contributed by atoms with Crippen molar-refractivity contribution in [3.63, 3.8) is 0 Å². The Morgan fingerprint density at radius 3 is 2.54 bits per heavy atom. The summed E-state index contributed by atoms with van der Waals surface area (Å²) >= 11 is 5.88. The van der Waals surface area contributed by atoms with Crippen LogP contribution >= 0.6 is 12.2 Å². The van der Waals surface area contributed by atoms with Crippen molar-refractivity contribution in [2.24, 2.45) is 5.92 Å². The third-order valence-corrected chi connectivity index (χ3v) is 7.14.